The Hall–Kier alpha value is -4.26. The molecule has 40 heavy (non-hydrogen) atoms. The van der Waals surface area contributed by atoms with Crippen LogP contribution < -0.4 is 14.4 Å². The van der Waals surface area contributed by atoms with Crippen LogP contribution in [0, 0.1) is 0 Å². The molecule has 0 spiro atoms. The third-order valence-electron chi connectivity index (χ3n) is 6.69. The Kier molecular flexibility index (Phi) is 10.6. The van der Waals surface area contributed by atoms with E-state index in [1.54, 1.807) is 6.92 Å². The summed E-state index contributed by atoms with van der Waals surface area (Å²) in [5.74, 6) is 0.165. The van der Waals surface area contributed by atoms with Gasteiger partial charge in [-0.15, -0.1) is 0 Å². The van der Waals surface area contributed by atoms with E-state index >= 15 is 0 Å². The maximum absolute atomic E-state index is 12.5. The first-order valence-electron chi connectivity index (χ1n) is 13.9. The third-order valence-corrected chi connectivity index (χ3v) is 6.69. The Morgan fingerprint density at radius 3 is 2.52 bits per heavy atom. The molecule has 210 valence electrons. The van der Waals surface area contributed by atoms with Crippen molar-refractivity contribution in [1.82, 2.24) is 0 Å². The number of ether oxygens (including phenoxy) is 3. The van der Waals surface area contributed by atoms with Gasteiger partial charge in [-0.05, 0) is 61.9 Å². The molecule has 0 fully saturated rings. The van der Waals surface area contributed by atoms with E-state index in [1.165, 1.54) is 5.56 Å². The molecule has 0 saturated carbocycles. The number of carboxylic acids is 1. The van der Waals surface area contributed by atoms with E-state index in [1.807, 2.05) is 65.6 Å². The molecule has 3 aromatic carbocycles. The Bertz CT molecular complexity index is 1270. The van der Waals surface area contributed by atoms with Crippen LogP contribution in [0.25, 0.3) is 12.2 Å². The lowest BCUT2D eigenvalue weighted by Gasteiger charge is -2.36. The number of fused-ring (bicyclic) bond motifs is 1. The summed E-state index contributed by atoms with van der Waals surface area (Å²) in [5, 5.41) is 9.06. The van der Waals surface area contributed by atoms with Gasteiger partial charge in [0.25, 0.3) is 0 Å². The quantitative estimate of drug-likeness (QED) is 0.146. The van der Waals surface area contributed by atoms with Crippen molar-refractivity contribution in [2.24, 2.45) is 0 Å². The molecule has 1 aliphatic rings. The Balaban J connectivity index is 1.38. The van der Waals surface area contributed by atoms with Crippen LogP contribution in [0.15, 0.2) is 72.8 Å². The molecule has 1 unspecified atom stereocenters. The highest BCUT2D eigenvalue weighted by molar-refractivity contribution is 5.82. The molecule has 1 atom stereocenters. The number of rotatable bonds is 14. The predicted molar refractivity (Wildman–Crippen MR) is 157 cm³/mol. The van der Waals surface area contributed by atoms with Crippen molar-refractivity contribution in [2.45, 2.75) is 45.1 Å². The van der Waals surface area contributed by atoms with Gasteiger partial charge >= 0.3 is 11.9 Å². The average molecular weight is 544 g/mol. The largest absolute Gasteiger partial charge is 0.494 e. The zero-order chi connectivity index (χ0) is 28.2. The van der Waals surface area contributed by atoms with Gasteiger partial charge in [-0.3, -0.25) is 4.79 Å². The second-order valence-corrected chi connectivity index (χ2v) is 9.69. The molecule has 0 aromatic heterocycles. The van der Waals surface area contributed by atoms with Crippen LogP contribution in [0.3, 0.4) is 0 Å². The van der Waals surface area contributed by atoms with Gasteiger partial charge in [-0.25, -0.2) is 4.79 Å². The van der Waals surface area contributed by atoms with Crippen molar-refractivity contribution in [3.63, 3.8) is 0 Å². The minimum Gasteiger partial charge on any atom is -0.494 e. The number of carboxylic acid groups (broad SMARTS) is 1. The van der Waals surface area contributed by atoms with Crippen LogP contribution in [-0.2, 0) is 20.7 Å². The number of nitrogens with zero attached hydrogens (tertiary/aromatic N) is 1. The van der Waals surface area contributed by atoms with Crippen molar-refractivity contribution < 1.29 is 28.9 Å². The molecule has 0 bridgehead atoms. The van der Waals surface area contributed by atoms with Gasteiger partial charge in [0.2, 0.25) is 6.10 Å². The maximum Gasteiger partial charge on any atom is 0.349 e. The predicted octanol–water partition coefficient (Wildman–Crippen LogP) is 6.25. The molecule has 0 saturated heterocycles. The van der Waals surface area contributed by atoms with E-state index in [0.717, 1.165) is 41.8 Å². The zero-order valence-electron chi connectivity index (χ0n) is 23.0. The van der Waals surface area contributed by atoms with Gasteiger partial charge in [0, 0.05) is 18.5 Å². The van der Waals surface area contributed by atoms with E-state index in [4.69, 9.17) is 19.3 Å². The summed E-state index contributed by atoms with van der Waals surface area (Å²) in [6, 6.07) is 24.2. The molecule has 4 rings (SSSR count). The van der Waals surface area contributed by atoms with E-state index in [0.29, 0.717) is 31.9 Å². The fourth-order valence-corrected chi connectivity index (χ4v) is 4.65. The number of carbonyl (C=O) groups is 2. The van der Waals surface area contributed by atoms with Crippen LogP contribution in [0.4, 0.5) is 5.69 Å². The highest BCUT2D eigenvalue weighted by Gasteiger charge is 2.32. The normalized spacial score (nSPS) is 14.4. The van der Waals surface area contributed by atoms with E-state index in [9.17, 15) is 9.59 Å². The fraction of sp³-hybridized carbons (Fsp3) is 0.333. The highest BCUT2D eigenvalue weighted by Crippen LogP contribution is 2.38. The Morgan fingerprint density at radius 1 is 0.975 bits per heavy atom. The molecule has 7 heteroatoms. The van der Waals surface area contributed by atoms with Gasteiger partial charge in [-0.2, -0.15) is 0 Å². The molecule has 7 nitrogen and oxygen atoms in total. The van der Waals surface area contributed by atoms with Gasteiger partial charge in [-0.1, -0.05) is 66.7 Å². The van der Waals surface area contributed by atoms with Crippen molar-refractivity contribution in [3.05, 3.63) is 89.5 Å². The minimum atomic E-state index is -0.841. The standard InChI is InChI=1S/C33H37NO6/c1-2-38-33(37)30-24-34(22-9-15-31(35)36)29-14-8-13-27(32(29)40-30)19-16-26-17-20-28(21-18-26)39-23-7-6-12-25-10-4-3-5-11-25/h3-5,8,10-11,13-14,16-21,30H,2,6-7,9,12,15,22-24H2,1H3,(H,35,36). The SMILES string of the molecule is CCOC(=O)C1CN(CCCC(=O)O)c2cccc(C=Cc3ccc(OCCCCc4ccccc4)cc3)c2O1. The summed E-state index contributed by atoms with van der Waals surface area (Å²) in [5.41, 5.74) is 4.02. The van der Waals surface area contributed by atoms with Crippen molar-refractivity contribution in [3.8, 4) is 11.5 Å². The van der Waals surface area contributed by atoms with E-state index < -0.39 is 18.0 Å². The summed E-state index contributed by atoms with van der Waals surface area (Å²) in [6.07, 6.45) is 6.83. The molecule has 3 aromatic rings. The van der Waals surface area contributed by atoms with Crippen LogP contribution in [0.2, 0.25) is 0 Å². The first kappa shape index (κ1) is 28.7. The van der Waals surface area contributed by atoms with E-state index in [2.05, 4.69) is 24.3 Å². The maximum atomic E-state index is 12.5. The molecule has 0 amide bonds. The third kappa shape index (κ3) is 8.37. The highest BCUT2D eigenvalue weighted by atomic mass is 16.6. The van der Waals surface area contributed by atoms with Crippen molar-refractivity contribution >= 4 is 29.8 Å². The topological polar surface area (TPSA) is 85.3 Å². The molecule has 0 radical (unpaired) electrons. The number of esters is 1. The monoisotopic (exact) mass is 543 g/mol. The minimum absolute atomic E-state index is 0.0593. The lowest BCUT2D eigenvalue weighted by atomic mass is 10.1. The summed E-state index contributed by atoms with van der Waals surface area (Å²) in [7, 11) is 0. The summed E-state index contributed by atoms with van der Waals surface area (Å²) in [4.78, 5) is 25.6. The first-order chi connectivity index (χ1) is 19.5. The molecular formula is C33H37NO6. The average Bonchev–Trinajstić information content (AvgIpc) is 2.97. The van der Waals surface area contributed by atoms with Gasteiger partial charge in [0.05, 0.1) is 25.4 Å². The Morgan fingerprint density at radius 2 is 1.77 bits per heavy atom. The smallest absolute Gasteiger partial charge is 0.349 e. The van der Waals surface area contributed by atoms with Crippen molar-refractivity contribution in [1.29, 1.82) is 0 Å². The molecule has 1 heterocycles. The number of hydrogen-bond donors (Lipinski definition) is 1. The fourth-order valence-electron chi connectivity index (χ4n) is 4.65. The molecular weight excluding hydrogens is 506 g/mol. The van der Waals surface area contributed by atoms with Crippen LogP contribution in [0.5, 0.6) is 11.5 Å². The van der Waals surface area contributed by atoms with Crippen LogP contribution in [-0.4, -0.2) is 49.5 Å². The first-order valence-corrected chi connectivity index (χ1v) is 13.9. The summed E-state index contributed by atoms with van der Waals surface area (Å²) >= 11 is 0. The number of unbranched alkanes of at least 4 members (excludes halogenated alkanes) is 1. The summed E-state index contributed by atoms with van der Waals surface area (Å²) < 4.78 is 17.3. The number of aliphatic carboxylic acids is 1. The number of para-hydroxylation sites is 1. The lowest BCUT2D eigenvalue weighted by molar-refractivity contribution is -0.151. The van der Waals surface area contributed by atoms with Gasteiger partial charge in [0.15, 0.2) is 5.75 Å². The number of anilines is 1. The van der Waals surface area contributed by atoms with Gasteiger partial charge in [0.1, 0.15) is 5.75 Å². The van der Waals surface area contributed by atoms with Gasteiger partial charge < -0.3 is 24.2 Å². The van der Waals surface area contributed by atoms with Crippen LogP contribution in [0.1, 0.15) is 49.3 Å². The number of carbonyl (C=O) groups excluding carboxylic acids is 1. The number of aryl methyl sites for hydroxylation is 1. The molecule has 1 aliphatic heterocycles. The second kappa shape index (κ2) is 14.8. The lowest BCUT2D eigenvalue weighted by Crippen LogP contribution is -2.45. The number of hydrogen-bond acceptors (Lipinski definition) is 6. The zero-order valence-corrected chi connectivity index (χ0v) is 23.0. The molecule has 0 aliphatic carbocycles. The summed E-state index contributed by atoms with van der Waals surface area (Å²) in [6.45, 7) is 3.52. The molecule has 1 N–H and O–H groups in total. The van der Waals surface area contributed by atoms with Crippen LogP contribution >= 0.6 is 0 Å². The van der Waals surface area contributed by atoms with Crippen molar-refractivity contribution in [2.75, 3.05) is 31.2 Å². The second-order valence-electron chi connectivity index (χ2n) is 9.69. The number of benzene rings is 3. The Labute approximate surface area is 236 Å². The van der Waals surface area contributed by atoms with E-state index in [-0.39, 0.29) is 13.0 Å².